The third-order valence-electron chi connectivity index (χ3n) is 3.33. The lowest BCUT2D eigenvalue weighted by molar-refractivity contribution is -0.274. The maximum absolute atomic E-state index is 12.6. The maximum Gasteiger partial charge on any atom is 0.573 e. The van der Waals surface area contributed by atoms with E-state index >= 15 is 0 Å². The fourth-order valence-corrected chi connectivity index (χ4v) is 2.88. The van der Waals surface area contributed by atoms with Crippen molar-refractivity contribution >= 4 is 27.5 Å². The molecule has 2 aromatic rings. The first-order valence-electron chi connectivity index (χ1n) is 7.26. The molecule has 1 N–H and O–H groups in total. The van der Waals surface area contributed by atoms with Crippen molar-refractivity contribution in [3.05, 3.63) is 41.2 Å². The van der Waals surface area contributed by atoms with Crippen LogP contribution in [0.1, 0.15) is 21.7 Å². The molecule has 0 saturated heterocycles. The number of ether oxygens (including phenoxy) is 1. The molecule has 0 spiro atoms. The van der Waals surface area contributed by atoms with Crippen molar-refractivity contribution in [1.29, 1.82) is 0 Å². The zero-order chi connectivity index (χ0) is 20.4. The summed E-state index contributed by atoms with van der Waals surface area (Å²) in [5.74, 6) is -1.42. The van der Waals surface area contributed by atoms with Crippen LogP contribution in [0.3, 0.4) is 0 Å². The Labute approximate surface area is 157 Å². The van der Waals surface area contributed by atoms with Crippen LogP contribution in [0, 0.1) is 6.92 Å². The Kier molecular flexibility index (Phi) is 6.07. The summed E-state index contributed by atoms with van der Waals surface area (Å²) in [6, 6.07) is 4.48. The molecular formula is C15H12BrF6N3O2. The van der Waals surface area contributed by atoms with Gasteiger partial charge in [0, 0.05) is 28.3 Å². The smallest absolute Gasteiger partial charge is 0.406 e. The molecule has 1 aromatic heterocycles. The molecule has 0 aliphatic rings. The molecule has 12 heteroatoms. The highest BCUT2D eigenvalue weighted by molar-refractivity contribution is 9.08. The van der Waals surface area contributed by atoms with Gasteiger partial charge in [-0.05, 0) is 19.1 Å². The third-order valence-corrected chi connectivity index (χ3v) is 3.89. The average molecular weight is 460 g/mol. The summed E-state index contributed by atoms with van der Waals surface area (Å²) in [7, 11) is 0. The summed E-state index contributed by atoms with van der Waals surface area (Å²) in [6.07, 6.45) is -9.43. The average Bonchev–Trinajstić information content (AvgIpc) is 2.80. The second-order valence-corrected chi connectivity index (χ2v) is 5.91. The molecule has 0 aliphatic carbocycles. The van der Waals surface area contributed by atoms with Gasteiger partial charge in [0.05, 0.1) is 0 Å². The molecule has 0 radical (unpaired) electrons. The van der Waals surface area contributed by atoms with Crippen LogP contribution >= 0.6 is 15.9 Å². The first-order valence-corrected chi connectivity index (χ1v) is 8.38. The molecule has 2 rings (SSSR count). The van der Waals surface area contributed by atoms with Crippen LogP contribution in [0.15, 0.2) is 24.3 Å². The van der Waals surface area contributed by atoms with Gasteiger partial charge in [-0.1, -0.05) is 22.0 Å². The Bertz CT molecular complexity index is 832. The summed E-state index contributed by atoms with van der Waals surface area (Å²) in [5, 5.41) is 6.05. The van der Waals surface area contributed by atoms with Crippen molar-refractivity contribution in [3.63, 3.8) is 0 Å². The van der Waals surface area contributed by atoms with E-state index < -0.39 is 30.7 Å². The number of benzene rings is 1. The lowest BCUT2D eigenvalue weighted by Crippen LogP contribution is -2.20. The number of rotatable bonds is 5. The minimum atomic E-state index is -4.90. The third kappa shape index (κ3) is 5.88. The van der Waals surface area contributed by atoms with Crippen molar-refractivity contribution in [2.24, 2.45) is 0 Å². The number of anilines is 1. The van der Waals surface area contributed by atoms with Crippen LogP contribution in [-0.4, -0.2) is 28.2 Å². The highest BCUT2D eigenvalue weighted by Gasteiger charge is 2.32. The second kappa shape index (κ2) is 7.79. The molecule has 5 nitrogen and oxygen atoms in total. The SMILES string of the molecule is Cc1c(CBr)c(C(=O)Nc2cccc(OC(F)(F)F)c2)nn1CC(F)(F)F. The van der Waals surface area contributed by atoms with Crippen molar-refractivity contribution in [2.75, 3.05) is 5.32 Å². The van der Waals surface area contributed by atoms with E-state index in [1.54, 1.807) is 0 Å². The summed E-state index contributed by atoms with van der Waals surface area (Å²) >= 11 is 3.09. The molecule has 0 fully saturated rings. The van der Waals surface area contributed by atoms with Gasteiger partial charge in [0.2, 0.25) is 0 Å². The largest absolute Gasteiger partial charge is 0.573 e. The topological polar surface area (TPSA) is 56.1 Å². The van der Waals surface area contributed by atoms with E-state index in [9.17, 15) is 31.1 Å². The van der Waals surface area contributed by atoms with Crippen molar-refractivity contribution in [2.45, 2.75) is 31.3 Å². The summed E-state index contributed by atoms with van der Waals surface area (Å²) in [4.78, 5) is 12.4. The number of aromatic nitrogens is 2. The van der Waals surface area contributed by atoms with E-state index in [1.165, 1.54) is 19.1 Å². The van der Waals surface area contributed by atoms with E-state index in [0.29, 0.717) is 4.68 Å². The monoisotopic (exact) mass is 459 g/mol. The maximum atomic E-state index is 12.6. The molecule has 148 valence electrons. The minimum absolute atomic E-state index is 0.0368. The van der Waals surface area contributed by atoms with Crippen LogP contribution in [0.25, 0.3) is 0 Å². The van der Waals surface area contributed by atoms with Crippen molar-refractivity contribution in [1.82, 2.24) is 9.78 Å². The number of nitrogens with one attached hydrogen (secondary N) is 1. The second-order valence-electron chi connectivity index (χ2n) is 5.35. The number of alkyl halides is 7. The molecule has 27 heavy (non-hydrogen) atoms. The number of halogens is 7. The van der Waals surface area contributed by atoms with Gasteiger partial charge in [-0.2, -0.15) is 18.3 Å². The quantitative estimate of drug-likeness (QED) is 0.516. The van der Waals surface area contributed by atoms with Crippen molar-refractivity contribution < 1.29 is 35.9 Å². The van der Waals surface area contributed by atoms with Crippen LogP contribution in [0.5, 0.6) is 5.75 Å². The van der Waals surface area contributed by atoms with Gasteiger partial charge in [0.25, 0.3) is 5.91 Å². The Balaban J connectivity index is 2.26. The predicted molar refractivity (Wildman–Crippen MR) is 86.7 cm³/mol. The standard InChI is InChI=1S/C15H12BrF6N3O2/c1-8-11(6-16)12(24-25(8)7-14(17,18)19)13(26)23-9-3-2-4-10(5-9)27-15(20,21)22/h2-5H,6-7H2,1H3,(H,23,26). The first-order chi connectivity index (χ1) is 12.4. The highest BCUT2D eigenvalue weighted by Crippen LogP contribution is 2.26. The molecule has 1 amide bonds. The van der Waals surface area contributed by atoms with Crippen LogP contribution in [-0.2, 0) is 11.9 Å². The predicted octanol–water partition coefficient (Wildman–Crippen LogP) is 4.80. The number of carbonyl (C=O) groups is 1. The van der Waals surface area contributed by atoms with Gasteiger partial charge >= 0.3 is 12.5 Å². The van der Waals surface area contributed by atoms with Crippen LogP contribution in [0.2, 0.25) is 0 Å². The number of hydrogen-bond acceptors (Lipinski definition) is 3. The van der Waals surface area contributed by atoms with E-state index in [2.05, 4.69) is 31.1 Å². The summed E-state index contributed by atoms with van der Waals surface area (Å²) < 4.78 is 79.0. The van der Waals surface area contributed by atoms with Gasteiger partial charge < -0.3 is 10.1 Å². The van der Waals surface area contributed by atoms with Crippen molar-refractivity contribution in [3.8, 4) is 5.75 Å². The number of nitrogens with zero attached hydrogens (tertiary/aromatic N) is 2. The lowest BCUT2D eigenvalue weighted by atomic mass is 10.2. The molecule has 0 atom stereocenters. The summed E-state index contributed by atoms with van der Waals surface area (Å²) in [6.45, 7) is 0.00489. The molecule has 0 unspecified atom stereocenters. The lowest BCUT2D eigenvalue weighted by Gasteiger charge is -2.10. The normalized spacial score (nSPS) is 12.1. The molecule has 0 saturated carbocycles. The fourth-order valence-electron chi connectivity index (χ4n) is 2.21. The fraction of sp³-hybridized carbons (Fsp3) is 0.333. The Morgan fingerprint density at radius 1 is 1.26 bits per heavy atom. The van der Waals surface area contributed by atoms with E-state index in [-0.39, 0.29) is 28.0 Å². The number of carbonyl (C=O) groups excluding carboxylic acids is 1. The van der Waals surface area contributed by atoms with Crippen LogP contribution in [0.4, 0.5) is 32.0 Å². The molecule has 0 aliphatic heterocycles. The number of amides is 1. The van der Waals surface area contributed by atoms with E-state index in [1.807, 2.05) is 0 Å². The number of hydrogen-bond donors (Lipinski definition) is 1. The van der Waals surface area contributed by atoms with E-state index in [0.717, 1.165) is 12.1 Å². The zero-order valence-corrected chi connectivity index (χ0v) is 15.2. The molecule has 1 heterocycles. The van der Waals surface area contributed by atoms with Gasteiger partial charge in [0.1, 0.15) is 12.3 Å². The first kappa shape index (κ1) is 21.1. The molecular weight excluding hydrogens is 448 g/mol. The van der Waals surface area contributed by atoms with Gasteiger partial charge in [-0.25, -0.2) is 0 Å². The van der Waals surface area contributed by atoms with Gasteiger partial charge in [-0.3, -0.25) is 9.48 Å². The van der Waals surface area contributed by atoms with Crippen LogP contribution < -0.4 is 10.1 Å². The Morgan fingerprint density at radius 3 is 2.48 bits per heavy atom. The summed E-state index contributed by atoms with van der Waals surface area (Å²) in [5.41, 5.74) is 0.0732. The molecule has 0 bridgehead atoms. The Morgan fingerprint density at radius 2 is 1.93 bits per heavy atom. The highest BCUT2D eigenvalue weighted by atomic mass is 79.9. The van der Waals surface area contributed by atoms with Gasteiger partial charge in [0.15, 0.2) is 5.69 Å². The molecule has 1 aromatic carbocycles. The minimum Gasteiger partial charge on any atom is -0.406 e. The Hall–Kier alpha value is -2.24. The van der Waals surface area contributed by atoms with Gasteiger partial charge in [-0.15, -0.1) is 13.2 Å². The van der Waals surface area contributed by atoms with E-state index in [4.69, 9.17) is 0 Å². The zero-order valence-electron chi connectivity index (χ0n) is 13.6.